The third kappa shape index (κ3) is 1.74. The van der Waals surface area contributed by atoms with Crippen LogP contribution in [0.15, 0.2) is 12.2 Å². The van der Waals surface area contributed by atoms with Crippen LogP contribution in [-0.2, 0) is 9.59 Å². The van der Waals surface area contributed by atoms with Crippen LogP contribution in [0.25, 0.3) is 0 Å². The molecule has 18 heavy (non-hydrogen) atoms. The molecule has 2 aliphatic carbocycles. The largest absolute Gasteiger partial charge is 0.481 e. The van der Waals surface area contributed by atoms with E-state index in [2.05, 4.69) is 6.08 Å². The number of likely N-dealkylation sites (tertiary alicyclic amines) is 1. The zero-order valence-electron chi connectivity index (χ0n) is 10.4. The molecule has 4 nitrogen and oxygen atoms in total. The molecule has 2 fully saturated rings. The number of rotatable bonds is 2. The summed E-state index contributed by atoms with van der Waals surface area (Å²) >= 11 is 0. The number of carboxylic acids is 1. The average molecular weight is 249 g/mol. The van der Waals surface area contributed by atoms with Gasteiger partial charge in [0.25, 0.3) is 0 Å². The molecule has 4 atom stereocenters. The zero-order chi connectivity index (χ0) is 12.7. The second-order valence-corrected chi connectivity index (χ2v) is 5.72. The van der Waals surface area contributed by atoms with Crippen molar-refractivity contribution in [2.45, 2.75) is 25.7 Å². The van der Waals surface area contributed by atoms with E-state index in [4.69, 9.17) is 0 Å². The molecule has 1 N–H and O–H groups in total. The summed E-state index contributed by atoms with van der Waals surface area (Å²) in [5.41, 5.74) is 0. The van der Waals surface area contributed by atoms with E-state index < -0.39 is 11.9 Å². The van der Waals surface area contributed by atoms with E-state index in [9.17, 15) is 14.7 Å². The first-order valence-electron chi connectivity index (χ1n) is 6.88. The summed E-state index contributed by atoms with van der Waals surface area (Å²) in [5.74, 6) is -1.29. The summed E-state index contributed by atoms with van der Waals surface area (Å²) in [6, 6.07) is 0. The van der Waals surface area contributed by atoms with E-state index in [0.29, 0.717) is 0 Å². The highest BCUT2D eigenvalue weighted by Crippen LogP contribution is 2.48. The molecular formula is C14H19NO3. The van der Waals surface area contributed by atoms with Gasteiger partial charge in [-0.3, -0.25) is 9.59 Å². The number of piperidine rings is 1. The van der Waals surface area contributed by atoms with Crippen molar-refractivity contribution in [2.24, 2.45) is 23.7 Å². The summed E-state index contributed by atoms with van der Waals surface area (Å²) < 4.78 is 0. The van der Waals surface area contributed by atoms with E-state index >= 15 is 0 Å². The van der Waals surface area contributed by atoms with Gasteiger partial charge in [0.1, 0.15) is 0 Å². The van der Waals surface area contributed by atoms with Crippen molar-refractivity contribution >= 4 is 11.9 Å². The van der Waals surface area contributed by atoms with Crippen LogP contribution in [0.2, 0.25) is 0 Å². The molecule has 0 radical (unpaired) electrons. The molecule has 0 aromatic carbocycles. The highest BCUT2D eigenvalue weighted by Gasteiger charge is 2.52. The van der Waals surface area contributed by atoms with Crippen LogP contribution >= 0.6 is 0 Å². The zero-order valence-corrected chi connectivity index (χ0v) is 10.4. The summed E-state index contributed by atoms with van der Waals surface area (Å²) in [7, 11) is 0. The normalized spacial score (nSPS) is 38.1. The van der Waals surface area contributed by atoms with Crippen LogP contribution < -0.4 is 0 Å². The lowest BCUT2D eigenvalue weighted by Crippen LogP contribution is -2.44. The molecule has 1 saturated heterocycles. The average Bonchev–Trinajstić information content (AvgIpc) is 2.99. The maximum atomic E-state index is 12.5. The van der Waals surface area contributed by atoms with Crippen LogP contribution in [-0.4, -0.2) is 35.0 Å². The van der Waals surface area contributed by atoms with E-state index in [-0.39, 0.29) is 23.7 Å². The standard InChI is InChI=1S/C14H19NO3/c16-13(15-6-2-1-3-7-15)11-9-4-5-10(8-9)12(11)14(17)18/h4-5,9-12H,1-3,6-8H2,(H,17,18). The Morgan fingerprint density at radius 2 is 1.61 bits per heavy atom. The van der Waals surface area contributed by atoms with Gasteiger partial charge in [-0.15, -0.1) is 0 Å². The molecule has 4 unspecified atom stereocenters. The van der Waals surface area contributed by atoms with Gasteiger partial charge < -0.3 is 10.0 Å². The third-order valence-electron chi connectivity index (χ3n) is 4.70. The molecule has 0 aromatic rings. The van der Waals surface area contributed by atoms with Gasteiger partial charge in [-0.2, -0.15) is 0 Å². The van der Waals surface area contributed by atoms with Crippen LogP contribution in [0.3, 0.4) is 0 Å². The summed E-state index contributed by atoms with van der Waals surface area (Å²) in [6.45, 7) is 1.62. The van der Waals surface area contributed by atoms with E-state index in [0.717, 1.165) is 32.4 Å². The summed E-state index contributed by atoms with van der Waals surface area (Å²) in [4.78, 5) is 25.8. The van der Waals surface area contributed by atoms with Gasteiger partial charge in [0.2, 0.25) is 5.91 Å². The Bertz CT molecular complexity index is 398. The SMILES string of the molecule is O=C(O)C1C2C=CC(C2)C1C(=O)N1CCCCC1. The van der Waals surface area contributed by atoms with Crippen LogP contribution in [0.1, 0.15) is 25.7 Å². The number of hydrogen-bond acceptors (Lipinski definition) is 2. The Morgan fingerprint density at radius 1 is 1.00 bits per heavy atom. The van der Waals surface area contributed by atoms with Gasteiger partial charge in [-0.1, -0.05) is 12.2 Å². The number of fused-ring (bicyclic) bond motifs is 2. The first-order valence-corrected chi connectivity index (χ1v) is 6.88. The molecule has 0 spiro atoms. The topological polar surface area (TPSA) is 57.6 Å². The van der Waals surface area contributed by atoms with Gasteiger partial charge >= 0.3 is 5.97 Å². The number of amides is 1. The third-order valence-corrected chi connectivity index (χ3v) is 4.70. The molecule has 3 aliphatic rings. The number of aliphatic carboxylic acids is 1. The molecular weight excluding hydrogens is 230 g/mol. The second-order valence-electron chi connectivity index (χ2n) is 5.72. The molecule has 98 valence electrons. The predicted molar refractivity (Wildman–Crippen MR) is 65.8 cm³/mol. The van der Waals surface area contributed by atoms with Crippen molar-refractivity contribution in [3.63, 3.8) is 0 Å². The quantitative estimate of drug-likeness (QED) is 0.755. The van der Waals surface area contributed by atoms with E-state index in [1.807, 2.05) is 11.0 Å². The predicted octanol–water partition coefficient (Wildman–Crippen LogP) is 1.52. The molecule has 3 rings (SSSR count). The minimum atomic E-state index is -0.804. The van der Waals surface area contributed by atoms with E-state index in [1.165, 1.54) is 6.42 Å². The highest BCUT2D eigenvalue weighted by atomic mass is 16.4. The maximum Gasteiger partial charge on any atom is 0.307 e. The molecule has 2 bridgehead atoms. The van der Waals surface area contributed by atoms with Crippen molar-refractivity contribution in [2.75, 3.05) is 13.1 Å². The summed E-state index contributed by atoms with van der Waals surface area (Å²) in [6.07, 6.45) is 8.18. The number of allylic oxidation sites excluding steroid dienone is 2. The van der Waals surface area contributed by atoms with Gasteiger partial charge in [0.15, 0.2) is 0 Å². The molecule has 1 saturated carbocycles. The van der Waals surface area contributed by atoms with Gasteiger partial charge in [0, 0.05) is 13.1 Å². The Hall–Kier alpha value is -1.32. The van der Waals surface area contributed by atoms with Crippen molar-refractivity contribution in [3.05, 3.63) is 12.2 Å². The first-order chi connectivity index (χ1) is 8.68. The van der Waals surface area contributed by atoms with Gasteiger partial charge in [-0.05, 0) is 37.5 Å². The molecule has 1 aliphatic heterocycles. The Kier molecular flexibility index (Phi) is 2.88. The van der Waals surface area contributed by atoms with Crippen molar-refractivity contribution in [3.8, 4) is 0 Å². The van der Waals surface area contributed by atoms with Gasteiger partial charge in [0.05, 0.1) is 11.8 Å². The number of hydrogen-bond donors (Lipinski definition) is 1. The molecule has 4 heteroatoms. The lowest BCUT2D eigenvalue weighted by molar-refractivity contribution is -0.151. The van der Waals surface area contributed by atoms with Gasteiger partial charge in [-0.25, -0.2) is 0 Å². The van der Waals surface area contributed by atoms with Crippen molar-refractivity contribution in [1.29, 1.82) is 0 Å². The Balaban J connectivity index is 1.79. The molecule has 1 heterocycles. The fourth-order valence-corrected chi connectivity index (χ4v) is 3.82. The van der Waals surface area contributed by atoms with Crippen LogP contribution in [0, 0.1) is 23.7 Å². The van der Waals surface area contributed by atoms with Crippen LogP contribution in [0.4, 0.5) is 0 Å². The lowest BCUT2D eigenvalue weighted by atomic mass is 9.82. The fourth-order valence-electron chi connectivity index (χ4n) is 3.82. The lowest BCUT2D eigenvalue weighted by Gasteiger charge is -2.33. The van der Waals surface area contributed by atoms with E-state index in [1.54, 1.807) is 0 Å². The highest BCUT2D eigenvalue weighted by molar-refractivity contribution is 5.87. The Labute approximate surface area is 107 Å². The Morgan fingerprint density at radius 3 is 2.22 bits per heavy atom. The van der Waals surface area contributed by atoms with Crippen molar-refractivity contribution in [1.82, 2.24) is 4.90 Å². The first kappa shape index (κ1) is 11.8. The number of carbonyl (C=O) groups is 2. The minimum Gasteiger partial charge on any atom is -0.481 e. The molecule has 1 amide bonds. The van der Waals surface area contributed by atoms with Crippen molar-refractivity contribution < 1.29 is 14.7 Å². The smallest absolute Gasteiger partial charge is 0.307 e. The number of nitrogens with zero attached hydrogens (tertiary/aromatic N) is 1. The van der Waals surface area contributed by atoms with Crippen LogP contribution in [0.5, 0.6) is 0 Å². The fraction of sp³-hybridized carbons (Fsp3) is 0.714. The summed E-state index contributed by atoms with van der Waals surface area (Å²) in [5, 5.41) is 9.35. The molecule has 0 aromatic heterocycles. The minimum absolute atomic E-state index is 0.0752. The number of carbonyl (C=O) groups excluding carboxylic acids is 1. The monoisotopic (exact) mass is 249 g/mol. The maximum absolute atomic E-state index is 12.5. The second kappa shape index (κ2) is 4.41. The number of carboxylic acid groups (broad SMARTS) is 1.